The largest absolute Gasteiger partial charge is 3.00 e. The van der Waals surface area contributed by atoms with Gasteiger partial charge < -0.3 is 29.6 Å². The van der Waals surface area contributed by atoms with E-state index in [1.807, 2.05) is 13.1 Å². The van der Waals surface area contributed by atoms with Gasteiger partial charge in [-0.3, -0.25) is 0 Å². The van der Waals surface area contributed by atoms with Gasteiger partial charge in [-0.05, 0) is 43.0 Å². The molecule has 0 fully saturated rings. The summed E-state index contributed by atoms with van der Waals surface area (Å²) in [6, 6.07) is 20.5. The molecule has 5 heteroatoms. The summed E-state index contributed by atoms with van der Waals surface area (Å²) in [6.07, 6.45) is 3.56. The Bertz CT molecular complexity index is 813. The molecule has 3 rings (SSSR count). The third-order valence-corrected chi connectivity index (χ3v) is 4.75. The van der Waals surface area contributed by atoms with Crippen molar-refractivity contribution in [2.45, 2.75) is 59.0 Å². The second-order valence-corrected chi connectivity index (χ2v) is 9.20. The van der Waals surface area contributed by atoms with Crippen LogP contribution in [0.4, 0.5) is 0 Å². The van der Waals surface area contributed by atoms with E-state index in [2.05, 4.69) is 75.4 Å². The molecule has 0 amide bonds. The van der Waals surface area contributed by atoms with Crippen molar-refractivity contribution in [3.8, 4) is 11.1 Å². The fraction of sp³-hybridized carbons (Fsp3) is 0.375. The van der Waals surface area contributed by atoms with Gasteiger partial charge in [0.1, 0.15) is 0 Å². The Hall–Kier alpha value is -0.310. The number of rotatable bonds is 5. The molecule has 1 N–H and O–H groups in total. The molecule has 2 radical (unpaired) electrons. The predicted octanol–water partition coefficient (Wildman–Crippen LogP) is 0.927. The summed E-state index contributed by atoms with van der Waals surface area (Å²) >= 11 is 0. The van der Waals surface area contributed by atoms with Gasteiger partial charge in [-0.2, -0.15) is 6.07 Å². The first-order valence-electron chi connectivity index (χ1n) is 9.74. The van der Waals surface area contributed by atoms with Crippen molar-refractivity contribution >= 4 is 19.8 Å². The molecule has 156 valence electrons. The Morgan fingerprint density at radius 1 is 1.00 bits per heavy atom. The van der Waals surface area contributed by atoms with E-state index in [1.165, 1.54) is 52.3 Å². The molecule has 0 saturated carbocycles. The normalized spacial score (nSPS) is 10.9. The summed E-state index contributed by atoms with van der Waals surface area (Å²) in [5, 5.41) is 2.76. The van der Waals surface area contributed by atoms with Crippen LogP contribution in [-0.4, -0.2) is 13.8 Å². The van der Waals surface area contributed by atoms with Gasteiger partial charge in [-0.1, -0.05) is 63.1 Å². The van der Waals surface area contributed by atoms with Crippen molar-refractivity contribution in [2.75, 3.05) is 0 Å². The van der Waals surface area contributed by atoms with Crippen LogP contribution in [0.15, 0.2) is 54.6 Å². The zero-order valence-electron chi connectivity index (χ0n) is 18.1. The molecule has 0 bridgehead atoms. The van der Waals surface area contributed by atoms with E-state index < -0.39 is 9.04 Å². The van der Waals surface area contributed by atoms with Crippen LogP contribution in [0.3, 0.4) is 0 Å². The zero-order valence-corrected chi connectivity index (χ0v) is 23.1. The molecule has 0 spiro atoms. The van der Waals surface area contributed by atoms with Crippen molar-refractivity contribution in [3.63, 3.8) is 0 Å². The SMILES string of the molecule is CCCc1cc2c(-c3ccc(C(C)CC)cc3)cccc2[cH-]1.C[Si](C)O.[Cl-].[Cl-].[Zr+3]. The molecule has 0 aromatic heterocycles. The van der Waals surface area contributed by atoms with Gasteiger partial charge >= 0.3 is 26.2 Å². The topological polar surface area (TPSA) is 20.2 Å². The summed E-state index contributed by atoms with van der Waals surface area (Å²) in [5.74, 6) is 0.639. The Labute approximate surface area is 210 Å². The molecule has 0 saturated heterocycles. The third kappa shape index (κ3) is 9.15. The van der Waals surface area contributed by atoms with E-state index in [4.69, 9.17) is 4.80 Å². The number of hydrogen-bond acceptors (Lipinski definition) is 1. The number of fused-ring (bicyclic) bond motifs is 1. The van der Waals surface area contributed by atoms with Gasteiger partial charge in [0.15, 0.2) is 9.04 Å². The molecule has 1 unspecified atom stereocenters. The average molecular weight is 527 g/mol. The molecular formula is C24H32Cl2OSiZr. The van der Waals surface area contributed by atoms with E-state index >= 15 is 0 Å². The van der Waals surface area contributed by atoms with Gasteiger partial charge in [0.2, 0.25) is 0 Å². The average Bonchev–Trinajstić information content (AvgIpc) is 3.03. The first-order chi connectivity index (χ1) is 12.5. The predicted molar refractivity (Wildman–Crippen MR) is 117 cm³/mol. The number of halogens is 2. The van der Waals surface area contributed by atoms with Crippen LogP contribution in [0.2, 0.25) is 13.1 Å². The van der Waals surface area contributed by atoms with Crippen molar-refractivity contribution in [1.82, 2.24) is 0 Å². The maximum absolute atomic E-state index is 8.16. The molecule has 3 aromatic rings. The molecule has 0 heterocycles. The number of aryl methyl sites for hydroxylation is 1. The molecule has 1 nitrogen and oxygen atoms in total. The second kappa shape index (κ2) is 15.5. The Balaban J connectivity index is 0. The number of hydrogen-bond donors (Lipinski definition) is 1. The van der Waals surface area contributed by atoms with Gasteiger partial charge in [0.25, 0.3) is 0 Å². The Morgan fingerprint density at radius 3 is 2.10 bits per heavy atom. The maximum Gasteiger partial charge on any atom is 3.00 e. The summed E-state index contributed by atoms with van der Waals surface area (Å²) in [4.78, 5) is 8.16. The fourth-order valence-corrected chi connectivity index (χ4v) is 3.21. The van der Waals surface area contributed by atoms with Crippen LogP contribution in [0, 0.1) is 0 Å². The molecular weight excluding hydrogens is 494 g/mol. The van der Waals surface area contributed by atoms with Crippen molar-refractivity contribution < 1.29 is 55.8 Å². The molecule has 1 atom stereocenters. The number of benzene rings is 2. The smallest absolute Gasteiger partial charge is 1.00 e. The van der Waals surface area contributed by atoms with E-state index in [1.54, 1.807) is 0 Å². The molecule has 3 aromatic carbocycles. The molecule has 0 aliphatic carbocycles. The van der Waals surface area contributed by atoms with Gasteiger partial charge in [0.05, 0.1) is 0 Å². The second-order valence-electron chi connectivity index (χ2n) is 7.30. The first-order valence-corrected chi connectivity index (χ1v) is 12.2. The van der Waals surface area contributed by atoms with Gasteiger partial charge in [-0.15, -0.1) is 34.5 Å². The summed E-state index contributed by atoms with van der Waals surface area (Å²) < 4.78 is 0. The quantitative estimate of drug-likeness (QED) is 0.388. The summed E-state index contributed by atoms with van der Waals surface area (Å²) in [6.45, 7) is 10.4. The van der Waals surface area contributed by atoms with Crippen LogP contribution in [0.25, 0.3) is 21.9 Å². The van der Waals surface area contributed by atoms with Crippen molar-refractivity contribution in [3.05, 3.63) is 65.7 Å². The minimum absolute atomic E-state index is 0. The van der Waals surface area contributed by atoms with Crippen LogP contribution in [-0.2, 0) is 32.6 Å². The van der Waals surface area contributed by atoms with Gasteiger partial charge in [0, 0.05) is 0 Å². The standard InChI is InChI=1S/C22H25.C2H7OSi.2ClH.Zr/c1-4-7-17-14-20-8-6-9-21(22(20)15-17)19-12-10-18(11-13-19)16(3)5-2;1-4(2)3;;;/h6,8-16H,4-5,7H2,1-3H3;3H,1-2H3;2*1H;/q-1;;;;+3/p-2. The molecule has 0 aliphatic heterocycles. The first kappa shape index (κ1) is 30.9. The van der Waals surface area contributed by atoms with E-state index in [-0.39, 0.29) is 51.0 Å². The van der Waals surface area contributed by atoms with Crippen molar-refractivity contribution in [2.24, 2.45) is 0 Å². The minimum atomic E-state index is -0.880. The summed E-state index contributed by atoms with van der Waals surface area (Å²) in [5.41, 5.74) is 5.58. The van der Waals surface area contributed by atoms with E-state index in [0.29, 0.717) is 5.92 Å². The van der Waals surface area contributed by atoms with E-state index in [0.717, 1.165) is 0 Å². The minimum Gasteiger partial charge on any atom is -1.00 e. The third-order valence-electron chi connectivity index (χ3n) is 4.75. The maximum atomic E-state index is 8.16. The fourth-order valence-electron chi connectivity index (χ4n) is 3.21. The van der Waals surface area contributed by atoms with Gasteiger partial charge in [-0.25, -0.2) is 0 Å². The Morgan fingerprint density at radius 2 is 1.59 bits per heavy atom. The monoisotopic (exact) mass is 524 g/mol. The Kier molecular flexibility index (Phi) is 16.5. The molecule has 0 aliphatic rings. The molecule has 29 heavy (non-hydrogen) atoms. The van der Waals surface area contributed by atoms with Crippen LogP contribution in [0.1, 0.15) is 50.7 Å². The zero-order chi connectivity index (χ0) is 19.1. The van der Waals surface area contributed by atoms with Crippen LogP contribution < -0.4 is 24.8 Å². The van der Waals surface area contributed by atoms with Crippen LogP contribution in [0.5, 0.6) is 0 Å². The van der Waals surface area contributed by atoms with Crippen LogP contribution >= 0.6 is 0 Å². The summed E-state index contributed by atoms with van der Waals surface area (Å²) in [7, 11) is -0.880. The van der Waals surface area contributed by atoms with E-state index in [9.17, 15) is 0 Å². The van der Waals surface area contributed by atoms with Crippen molar-refractivity contribution in [1.29, 1.82) is 0 Å².